The van der Waals surface area contributed by atoms with Gasteiger partial charge in [-0.1, -0.05) is 12.1 Å². The summed E-state index contributed by atoms with van der Waals surface area (Å²) in [5.74, 6) is 0. The maximum absolute atomic E-state index is 12.6. The molecule has 2 N–H and O–H groups in total. The topological polar surface area (TPSA) is 26.0 Å². The number of halogens is 3. The van der Waals surface area contributed by atoms with Gasteiger partial charge in [-0.05, 0) is 22.0 Å². The van der Waals surface area contributed by atoms with Crippen LogP contribution in [-0.2, 0) is 0 Å². The second-order valence-electron chi connectivity index (χ2n) is 2.80. The van der Waals surface area contributed by atoms with Gasteiger partial charge in [0.1, 0.15) is 0 Å². The van der Waals surface area contributed by atoms with Crippen molar-refractivity contribution in [1.29, 1.82) is 0 Å². The van der Waals surface area contributed by atoms with E-state index >= 15 is 0 Å². The van der Waals surface area contributed by atoms with Crippen molar-refractivity contribution in [2.24, 2.45) is 0 Å². The molecule has 0 saturated heterocycles. The third kappa shape index (κ3) is 1.40. The molecule has 1 aromatic carbocycles. The Bertz CT molecular complexity index is 481. The van der Waals surface area contributed by atoms with Crippen LogP contribution in [0, 0.1) is 0 Å². The Morgan fingerprint density at radius 1 is 1.36 bits per heavy atom. The van der Waals surface area contributed by atoms with Crippen molar-refractivity contribution in [3.05, 3.63) is 28.2 Å². The molecule has 0 spiro atoms. The fourth-order valence-corrected chi connectivity index (χ4v) is 2.94. The number of nitrogens with two attached hydrogens (primary N) is 1. The van der Waals surface area contributed by atoms with Crippen LogP contribution in [0.4, 0.5) is 13.8 Å². The van der Waals surface area contributed by atoms with Gasteiger partial charge in [0, 0.05) is 9.86 Å². The Hall–Kier alpha value is -0.680. The van der Waals surface area contributed by atoms with Gasteiger partial charge in [-0.25, -0.2) is 8.78 Å². The Morgan fingerprint density at radius 3 is 2.71 bits per heavy atom. The fraction of sp³-hybridized carbons (Fsp3) is 0.111. The zero-order valence-electron chi connectivity index (χ0n) is 6.93. The number of hydrogen-bond acceptors (Lipinski definition) is 2. The van der Waals surface area contributed by atoms with Gasteiger partial charge >= 0.3 is 0 Å². The van der Waals surface area contributed by atoms with Crippen LogP contribution < -0.4 is 5.73 Å². The Balaban J connectivity index is 2.83. The first-order valence-corrected chi connectivity index (χ1v) is 5.46. The van der Waals surface area contributed by atoms with E-state index in [1.54, 1.807) is 12.1 Å². The number of nitrogen functional groups attached to an aromatic ring is 1. The summed E-state index contributed by atoms with van der Waals surface area (Å²) < 4.78 is 26.9. The van der Waals surface area contributed by atoms with E-state index in [1.807, 2.05) is 6.07 Å². The van der Waals surface area contributed by atoms with E-state index in [-0.39, 0.29) is 10.6 Å². The van der Waals surface area contributed by atoms with Crippen molar-refractivity contribution >= 4 is 42.4 Å². The second-order valence-corrected chi connectivity index (χ2v) is 4.70. The average Bonchev–Trinajstić information content (AvgIpc) is 2.42. The molecule has 0 amide bonds. The van der Waals surface area contributed by atoms with Gasteiger partial charge < -0.3 is 5.73 Å². The van der Waals surface area contributed by atoms with Gasteiger partial charge in [-0.2, -0.15) is 0 Å². The zero-order chi connectivity index (χ0) is 10.3. The first kappa shape index (κ1) is 9.86. The number of fused-ring (bicyclic) bond motifs is 1. The highest BCUT2D eigenvalue weighted by Gasteiger charge is 2.19. The number of rotatable bonds is 1. The van der Waals surface area contributed by atoms with E-state index in [0.29, 0.717) is 5.39 Å². The van der Waals surface area contributed by atoms with Crippen LogP contribution in [0.3, 0.4) is 0 Å². The molecular formula is C9H6BrF2NS. The van der Waals surface area contributed by atoms with E-state index in [0.717, 1.165) is 9.17 Å². The molecule has 0 fully saturated rings. The summed E-state index contributed by atoms with van der Waals surface area (Å²) in [5.41, 5.74) is 5.49. The predicted molar refractivity (Wildman–Crippen MR) is 58.9 cm³/mol. The Labute approximate surface area is 91.7 Å². The summed E-state index contributed by atoms with van der Waals surface area (Å²) in [6, 6.07) is 5.20. The quantitative estimate of drug-likeness (QED) is 0.831. The molecule has 74 valence electrons. The SMILES string of the molecule is Nc1sc2c(Br)cccc2c1C(F)F. The van der Waals surface area contributed by atoms with Crippen molar-refractivity contribution in [2.45, 2.75) is 6.43 Å². The van der Waals surface area contributed by atoms with E-state index in [9.17, 15) is 8.78 Å². The molecule has 0 aliphatic carbocycles. The molecule has 1 heterocycles. The lowest BCUT2D eigenvalue weighted by atomic mass is 10.2. The number of benzene rings is 1. The summed E-state index contributed by atoms with van der Waals surface area (Å²) in [4.78, 5) is 0. The molecule has 0 saturated carbocycles. The van der Waals surface area contributed by atoms with Crippen LogP contribution in [0.5, 0.6) is 0 Å². The van der Waals surface area contributed by atoms with Gasteiger partial charge in [0.05, 0.1) is 15.3 Å². The second kappa shape index (κ2) is 3.47. The van der Waals surface area contributed by atoms with Gasteiger partial charge in [-0.3, -0.25) is 0 Å². The first-order valence-electron chi connectivity index (χ1n) is 3.86. The van der Waals surface area contributed by atoms with E-state index in [2.05, 4.69) is 15.9 Å². The van der Waals surface area contributed by atoms with Crippen LogP contribution in [0.1, 0.15) is 12.0 Å². The van der Waals surface area contributed by atoms with Crippen LogP contribution in [0.25, 0.3) is 10.1 Å². The van der Waals surface area contributed by atoms with Gasteiger partial charge in [-0.15, -0.1) is 11.3 Å². The summed E-state index contributed by atoms with van der Waals surface area (Å²) in [6.07, 6.45) is -2.52. The van der Waals surface area contributed by atoms with Crippen molar-refractivity contribution in [3.63, 3.8) is 0 Å². The van der Waals surface area contributed by atoms with E-state index in [4.69, 9.17) is 5.73 Å². The highest BCUT2D eigenvalue weighted by atomic mass is 79.9. The molecule has 5 heteroatoms. The average molecular weight is 278 g/mol. The maximum atomic E-state index is 12.6. The lowest BCUT2D eigenvalue weighted by molar-refractivity contribution is 0.154. The minimum atomic E-state index is -2.52. The largest absolute Gasteiger partial charge is 0.390 e. The standard InChI is InChI=1S/C9H6BrF2NS/c10-5-3-1-2-4-6(8(11)12)9(13)14-7(4)5/h1-3,8H,13H2. The highest BCUT2D eigenvalue weighted by Crippen LogP contribution is 2.42. The van der Waals surface area contributed by atoms with E-state index < -0.39 is 6.43 Å². The van der Waals surface area contributed by atoms with Crippen LogP contribution in [0.2, 0.25) is 0 Å². The molecule has 0 atom stereocenters. The molecule has 0 bridgehead atoms. The van der Waals surface area contributed by atoms with Gasteiger partial charge in [0.2, 0.25) is 0 Å². The molecule has 0 unspecified atom stereocenters. The fourth-order valence-electron chi connectivity index (χ4n) is 1.35. The van der Waals surface area contributed by atoms with E-state index in [1.165, 1.54) is 11.3 Å². The van der Waals surface area contributed by atoms with Crippen molar-refractivity contribution in [2.75, 3.05) is 5.73 Å². The molecular weight excluding hydrogens is 272 g/mol. The number of alkyl halides is 2. The summed E-state index contributed by atoms with van der Waals surface area (Å²) in [5, 5.41) is 0.735. The summed E-state index contributed by atoms with van der Waals surface area (Å²) >= 11 is 4.49. The molecule has 14 heavy (non-hydrogen) atoms. The van der Waals surface area contributed by atoms with Crippen LogP contribution >= 0.6 is 27.3 Å². The molecule has 1 nitrogen and oxygen atoms in total. The third-order valence-electron chi connectivity index (χ3n) is 1.95. The first-order chi connectivity index (χ1) is 6.61. The number of thiophene rings is 1. The molecule has 0 aliphatic rings. The molecule has 0 radical (unpaired) electrons. The smallest absolute Gasteiger partial charge is 0.267 e. The number of hydrogen-bond donors (Lipinski definition) is 1. The summed E-state index contributed by atoms with van der Waals surface area (Å²) in [7, 11) is 0. The minimum Gasteiger partial charge on any atom is -0.390 e. The predicted octanol–water partition coefficient (Wildman–Crippen LogP) is 4.18. The minimum absolute atomic E-state index is 0.0497. The number of anilines is 1. The normalized spacial score (nSPS) is 11.4. The zero-order valence-corrected chi connectivity index (χ0v) is 9.33. The van der Waals surface area contributed by atoms with Crippen molar-refractivity contribution in [1.82, 2.24) is 0 Å². The maximum Gasteiger partial charge on any atom is 0.267 e. The summed E-state index contributed by atoms with van der Waals surface area (Å²) in [6.45, 7) is 0. The van der Waals surface area contributed by atoms with Crippen LogP contribution in [0.15, 0.2) is 22.7 Å². The Morgan fingerprint density at radius 2 is 2.07 bits per heavy atom. The van der Waals surface area contributed by atoms with Crippen LogP contribution in [-0.4, -0.2) is 0 Å². The van der Waals surface area contributed by atoms with Crippen molar-refractivity contribution in [3.8, 4) is 0 Å². The molecule has 1 aromatic heterocycles. The Kier molecular flexibility index (Phi) is 2.45. The monoisotopic (exact) mass is 277 g/mol. The molecule has 2 rings (SSSR count). The lowest BCUT2D eigenvalue weighted by Crippen LogP contribution is -1.88. The van der Waals surface area contributed by atoms with Crippen molar-refractivity contribution < 1.29 is 8.78 Å². The molecule has 2 aromatic rings. The molecule has 0 aliphatic heterocycles. The van der Waals surface area contributed by atoms with Gasteiger partial charge in [0.25, 0.3) is 6.43 Å². The van der Waals surface area contributed by atoms with Gasteiger partial charge in [0.15, 0.2) is 0 Å². The highest BCUT2D eigenvalue weighted by molar-refractivity contribution is 9.10. The third-order valence-corrected chi connectivity index (χ3v) is 3.96. The lowest BCUT2D eigenvalue weighted by Gasteiger charge is -1.98.